The van der Waals surface area contributed by atoms with E-state index in [1.54, 1.807) is 0 Å². The van der Waals surface area contributed by atoms with Gasteiger partial charge in [0.25, 0.3) is 0 Å². The quantitative estimate of drug-likeness (QED) is 0.568. The number of rotatable bonds is 6. The molecule has 1 fully saturated rings. The lowest BCUT2D eigenvalue weighted by molar-refractivity contribution is -0.192. The van der Waals surface area contributed by atoms with E-state index in [1.807, 2.05) is 43.3 Å². The van der Waals surface area contributed by atoms with Crippen LogP contribution in [-0.4, -0.2) is 63.2 Å². The molecule has 0 bridgehead atoms. The molecule has 11 heteroatoms. The number of halogens is 3. The zero-order valence-electron chi connectivity index (χ0n) is 18.7. The highest BCUT2D eigenvalue weighted by molar-refractivity contribution is 7.91. The van der Waals surface area contributed by atoms with Gasteiger partial charge < -0.3 is 19.5 Å². The molecule has 2 N–H and O–H groups in total. The van der Waals surface area contributed by atoms with Crippen molar-refractivity contribution >= 4 is 23.1 Å². The number of carboxylic acids is 2. The summed E-state index contributed by atoms with van der Waals surface area (Å²) in [6.07, 6.45) is -4.97. The number of carboxylic acid groups (broad SMARTS) is 2. The van der Waals surface area contributed by atoms with Crippen molar-refractivity contribution in [3.8, 4) is 11.5 Å². The second kappa shape index (κ2) is 12.1. The summed E-state index contributed by atoms with van der Waals surface area (Å²) in [5, 5.41) is 15.9. The molecule has 1 saturated heterocycles. The number of alkyl halides is 3. The normalized spacial score (nSPS) is 18.5. The van der Waals surface area contributed by atoms with Gasteiger partial charge in [-0.2, -0.15) is 13.2 Å². The fraction of sp³-hybridized carbons (Fsp3) is 0.391. The molecule has 34 heavy (non-hydrogen) atoms. The SMILES string of the molecule is Cc1cccc(Oc2ccc(C3CN(CCC(=O)O)CC[S+]3[O-])cc2)c1C.O=C(O)C(F)(F)F. The molecule has 2 unspecified atom stereocenters. The molecule has 1 heterocycles. The zero-order chi connectivity index (χ0) is 25.5. The van der Waals surface area contributed by atoms with Crippen LogP contribution in [0, 0.1) is 13.8 Å². The lowest BCUT2D eigenvalue weighted by Gasteiger charge is -2.34. The van der Waals surface area contributed by atoms with Gasteiger partial charge in [-0.25, -0.2) is 4.79 Å². The van der Waals surface area contributed by atoms with Gasteiger partial charge in [-0.15, -0.1) is 0 Å². The summed E-state index contributed by atoms with van der Waals surface area (Å²) in [7, 11) is 0. The summed E-state index contributed by atoms with van der Waals surface area (Å²) >= 11 is -0.945. The molecule has 2 aromatic carbocycles. The van der Waals surface area contributed by atoms with Crippen LogP contribution in [0.5, 0.6) is 11.5 Å². The van der Waals surface area contributed by atoms with Crippen LogP contribution in [-0.2, 0) is 20.8 Å². The fourth-order valence-electron chi connectivity index (χ4n) is 3.20. The molecular weight excluding hydrogens is 475 g/mol. The highest BCUT2D eigenvalue weighted by atomic mass is 32.2. The molecule has 186 valence electrons. The first-order valence-electron chi connectivity index (χ1n) is 10.3. The predicted molar refractivity (Wildman–Crippen MR) is 121 cm³/mol. The minimum atomic E-state index is -5.08. The minimum Gasteiger partial charge on any atom is -0.616 e. The molecule has 1 aliphatic heterocycles. The third-order valence-electron chi connectivity index (χ3n) is 5.27. The van der Waals surface area contributed by atoms with Gasteiger partial charge in [0.15, 0.2) is 5.25 Å². The highest BCUT2D eigenvalue weighted by Crippen LogP contribution is 2.31. The van der Waals surface area contributed by atoms with E-state index in [0.29, 0.717) is 25.4 Å². The van der Waals surface area contributed by atoms with Crippen molar-refractivity contribution in [3.05, 3.63) is 59.2 Å². The second-order valence-electron chi connectivity index (χ2n) is 7.69. The second-order valence-corrected chi connectivity index (χ2v) is 9.43. The molecule has 1 aliphatic rings. The number of carbonyl (C=O) groups is 2. The molecule has 0 aromatic heterocycles. The van der Waals surface area contributed by atoms with Gasteiger partial charge in [0.05, 0.1) is 13.0 Å². The van der Waals surface area contributed by atoms with E-state index < -0.39 is 29.3 Å². The van der Waals surface area contributed by atoms with E-state index in [-0.39, 0.29) is 11.7 Å². The zero-order valence-corrected chi connectivity index (χ0v) is 19.5. The van der Waals surface area contributed by atoms with Crippen molar-refractivity contribution in [2.24, 2.45) is 0 Å². The summed E-state index contributed by atoms with van der Waals surface area (Å²) in [5.74, 6) is -1.40. The third kappa shape index (κ3) is 8.23. The number of aryl methyl sites for hydroxylation is 1. The number of hydrogen-bond acceptors (Lipinski definition) is 5. The van der Waals surface area contributed by atoms with E-state index in [0.717, 1.165) is 22.6 Å². The van der Waals surface area contributed by atoms with Crippen LogP contribution in [0.25, 0.3) is 0 Å². The number of hydrogen-bond donors (Lipinski definition) is 2. The summed E-state index contributed by atoms with van der Waals surface area (Å²) in [5.41, 5.74) is 3.30. The minimum absolute atomic E-state index is 0.0951. The Morgan fingerprint density at radius 1 is 1.15 bits per heavy atom. The first-order chi connectivity index (χ1) is 15.9. The van der Waals surface area contributed by atoms with Crippen molar-refractivity contribution in [2.45, 2.75) is 31.7 Å². The van der Waals surface area contributed by atoms with Crippen molar-refractivity contribution in [3.63, 3.8) is 0 Å². The maximum absolute atomic E-state index is 12.5. The Hall–Kier alpha value is -2.76. The molecule has 0 radical (unpaired) electrons. The van der Waals surface area contributed by atoms with Crippen LogP contribution in [0.1, 0.15) is 28.4 Å². The van der Waals surface area contributed by atoms with Crippen LogP contribution < -0.4 is 4.74 Å². The lowest BCUT2D eigenvalue weighted by atomic mass is 10.1. The van der Waals surface area contributed by atoms with Crippen molar-refractivity contribution in [1.82, 2.24) is 4.90 Å². The van der Waals surface area contributed by atoms with E-state index in [1.165, 1.54) is 5.56 Å². The first kappa shape index (κ1) is 27.5. The summed E-state index contributed by atoms with van der Waals surface area (Å²) < 4.78 is 50.2. The molecule has 2 atom stereocenters. The Kier molecular flexibility index (Phi) is 9.77. The monoisotopic (exact) mass is 501 g/mol. The van der Waals surface area contributed by atoms with Gasteiger partial charge in [-0.3, -0.25) is 9.69 Å². The van der Waals surface area contributed by atoms with Gasteiger partial charge in [-0.1, -0.05) is 24.3 Å². The highest BCUT2D eigenvalue weighted by Gasteiger charge is 2.38. The van der Waals surface area contributed by atoms with Gasteiger partial charge in [0.1, 0.15) is 17.3 Å². The largest absolute Gasteiger partial charge is 0.616 e. The van der Waals surface area contributed by atoms with Gasteiger partial charge in [-0.05, 0) is 54.3 Å². The standard InChI is InChI=1S/C21H25NO4S.C2HF3O2/c1-15-4-3-5-19(16(15)2)26-18-8-6-17(7-9-18)20-14-22(11-10-21(23)24)12-13-27(20)25;3-2(4,5)1(6)7/h3-9,20H,10-14H2,1-2H3,(H,23,24);(H,6,7). The molecule has 3 rings (SSSR count). The third-order valence-corrected chi connectivity index (χ3v) is 6.91. The van der Waals surface area contributed by atoms with E-state index in [2.05, 4.69) is 17.9 Å². The van der Waals surface area contributed by atoms with Gasteiger partial charge >= 0.3 is 18.1 Å². The molecule has 7 nitrogen and oxygen atoms in total. The predicted octanol–water partition coefficient (Wildman–Crippen LogP) is 4.31. The Morgan fingerprint density at radius 3 is 2.32 bits per heavy atom. The Morgan fingerprint density at radius 2 is 1.76 bits per heavy atom. The molecule has 0 amide bonds. The fourth-order valence-corrected chi connectivity index (χ4v) is 4.76. The van der Waals surface area contributed by atoms with Gasteiger partial charge in [0.2, 0.25) is 0 Å². The maximum Gasteiger partial charge on any atom is 0.490 e. The molecular formula is C23H26F3NO6S. The molecule has 0 spiro atoms. The van der Waals surface area contributed by atoms with Crippen LogP contribution in [0.3, 0.4) is 0 Å². The summed E-state index contributed by atoms with van der Waals surface area (Å²) in [6.45, 7) is 5.90. The van der Waals surface area contributed by atoms with Crippen molar-refractivity contribution in [1.29, 1.82) is 0 Å². The Bertz CT molecular complexity index is 984. The average Bonchev–Trinajstić information content (AvgIpc) is 2.77. The van der Waals surface area contributed by atoms with Crippen LogP contribution >= 0.6 is 0 Å². The first-order valence-corrected chi connectivity index (χ1v) is 11.7. The topological polar surface area (TPSA) is 110 Å². The number of nitrogens with zero attached hydrogens (tertiary/aromatic N) is 1. The van der Waals surface area contributed by atoms with E-state index >= 15 is 0 Å². The van der Waals surface area contributed by atoms with E-state index in [4.69, 9.17) is 19.7 Å². The van der Waals surface area contributed by atoms with Crippen molar-refractivity contribution < 1.29 is 42.3 Å². The summed E-state index contributed by atoms with van der Waals surface area (Å²) in [4.78, 5) is 21.8. The lowest BCUT2D eigenvalue weighted by Crippen LogP contribution is -2.43. The smallest absolute Gasteiger partial charge is 0.490 e. The number of ether oxygens (including phenoxy) is 1. The van der Waals surface area contributed by atoms with Gasteiger partial charge in [0, 0.05) is 18.7 Å². The number of benzene rings is 2. The Labute approximate surface area is 198 Å². The maximum atomic E-state index is 12.5. The van der Waals surface area contributed by atoms with Crippen LogP contribution in [0.4, 0.5) is 13.2 Å². The van der Waals surface area contributed by atoms with E-state index in [9.17, 15) is 22.5 Å². The molecule has 0 saturated carbocycles. The molecule has 0 aliphatic carbocycles. The van der Waals surface area contributed by atoms with Crippen LogP contribution in [0.15, 0.2) is 42.5 Å². The average molecular weight is 502 g/mol. The van der Waals surface area contributed by atoms with Crippen LogP contribution in [0.2, 0.25) is 0 Å². The molecule has 2 aromatic rings. The Balaban J connectivity index is 0.000000509. The van der Waals surface area contributed by atoms with Crippen molar-refractivity contribution in [2.75, 3.05) is 25.4 Å². The number of aliphatic carboxylic acids is 2. The summed E-state index contributed by atoms with van der Waals surface area (Å²) in [6, 6.07) is 13.7.